The zero-order valence-electron chi connectivity index (χ0n) is 16.6. The summed E-state index contributed by atoms with van der Waals surface area (Å²) in [5.74, 6) is 0. The fraction of sp³-hybridized carbons (Fsp3) is 0.652. The van der Waals surface area contributed by atoms with Gasteiger partial charge < -0.3 is 9.47 Å². The van der Waals surface area contributed by atoms with Crippen molar-refractivity contribution in [3.8, 4) is 0 Å². The van der Waals surface area contributed by atoms with Crippen molar-refractivity contribution < 1.29 is 0 Å². The molecule has 4 rings (SSSR count). The Labute approximate surface area is 172 Å². The lowest BCUT2D eigenvalue weighted by molar-refractivity contribution is 0.221. The van der Waals surface area contributed by atoms with Crippen LogP contribution >= 0.6 is 15.9 Å². The highest BCUT2D eigenvalue weighted by atomic mass is 79.9. The predicted octanol–water partition coefficient (Wildman–Crippen LogP) is 5.66. The summed E-state index contributed by atoms with van der Waals surface area (Å²) in [7, 11) is 0. The molecule has 0 amide bonds. The Hall–Kier alpha value is -0.840. The normalized spacial score (nSPS) is 19.7. The van der Waals surface area contributed by atoms with Crippen LogP contribution in [-0.2, 0) is 13.1 Å². The van der Waals surface area contributed by atoms with E-state index in [1.54, 1.807) is 0 Å². The van der Waals surface area contributed by atoms with Gasteiger partial charge in [-0.15, -0.1) is 0 Å². The fourth-order valence-electron chi connectivity index (χ4n) is 4.81. The molecule has 0 N–H and O–H groups in total. The van der Waals surface area contributed by atoms with Gasteiger partial charge >= 0.3 is 0 Å². The summed E-state index contributed by atoms with van der Waals surface area (Å²) >= 11 is 3.68. The van der Waals surface area contributed by atoms with E-state index < -0.39 is 0 Å². The van der Waals surface area contributed by atoms with Gasteiger partial charge in [0.15, 0.2) is 0 Å². The van der Waals surface area contributed by atoms with Crippen molar-refractivity contribution in [2.45, 2.75) is 64.5 Å². The highest BCUT2D eigenvalue weighted by Gasteiger charge is 2.15. The summed E-state index contributed by atoms with van der Waals surface area (Å²) in [6, 6.07) is 6.81. The molecule has 27 heavy (non-hydrogen) atoms. The summed E-state index contributed by atoms with van der Waals surface area (Å²) in [5, 5.41) is 1.44. The number of benzene rings is 1. The van der Waals surface area contributed by atoms with E-state index in [1.807, 2.05) is 0 Å². The second-order valence-electron chi connectivity index (χ2n) is 8.46. The molecule has 0 aliphatic carbocycles. The second-order valence-corrected chi connectivity index (χ2v) is 9.37. The van der Waals surface area contributed by atoms with Gasteiger partial charge in [0.1, 0.15) is 0 Å². The van der Waals surface area contributed by atoms with Crippen LogP contribution in [0.3, 0.4) is 0 Å². The number of nitrogens with zero attached hydrogens (tertiary/aromatic N) is 3. The average molecular weight is 432 g/mol. The third-order valence-electron chi connectivity index (χ3n) is 6.34. The Kier molecular flexibility index (Phi) is 6.91. The highest BCUT2D eigenvalue weighted by molar-refractivity contribution is 9.10. The average Bonchev–Trinajstić information content (AvgIpc) is 3.03. The highest BCUT2D eigenvalue weighted by Crippen LogP contribution is 2.27. The lowest BCUT2D eigenvalue weighted by atomic mass is 10.1. The molecule has 2 aliphatic rings. The number of hydrogen-bond donors (Lipinski definition) is 0. The van der Waals surface area contributed by atoms with Crippen LogP contribution in [-0.4, -0.2) is 47.1 Å². The lowest BCUT2D eigenvalue weighted by Crippen LogP contribution is -2.30. The van der Waals surface area contributed by atoms with Gasteiger partial charge in [-0.1, -0.05) is 28.8 Å². The Morgan fingerprint density at radius 1 is 0.778 bits per heavy atom. The molecule has 4 heteroatoms. The van der Waals surface area contributed by atoms with Crippen LogP contribution in [0.15, 0.2) is 28.9 Å². The zero-order valence-corrected chi connectivity index (χ0v) is 18.2. The van der Waals surface area contributed by atoms with E-state index in [2.05, 4.69) is 54.7 Å². The van der Waals surface area contributed by atoms with Crippen LogP contribution in [0, 0.1) is 0 Å². The Morgan fingerprint density at radius 2 is 1.44 bits per heavy atom. The van der Waals surface area contributed by atoms with Gasteiger partial charge in [-0.3, -0.25) is 4.90 Å². The van der Waals surface area contributed by atoms with Gasteiger partial charge in [-0.2, -0.15) is 0 Å². The molecular weight excluding hydrogens is 398 g/mol. The van der Waals surface area contributed by atoms with E-state index in [0.29, 0.717) is 0 Å². The number of piperidine rings is 2. The number of aromatic nitrogens is 1. The minimum Gasteiger partial charge on any atom is -0.347 e. The molecule has 0 unspecified atom stereocenters. The number of fused-ring (bicyclic) bond motifs is 1. The molecule has 0 atom stereocenters. The molecule has 3 heterocycles. The summed E-state index contributed by atoms with van der Waals surface area (Å²) < 4.78 is 3.70. The molecule has 0 saturated carbocycles. The van der Waals surface area contributed by atoms with E-state index in [4.69, 9.17) is 0 Å². The lowest BCUT2D eigenvalue weighted by Gasteiger charge is -2.26. The molecule has 2 aliphatic heterocycles. The molecule has 1 aromatic heterocycles. The van der Waals surface area contributed by atoms with Crippen LogP contribution in [0.5, 0.6) is 0 Å². The maximum atomic E-state index is 3.68. The molecule has 0 bridgehead atoms. The quantitative estimate of drug-likeness (QED) is 0.524. The number of hydrogen-bond acceptors (Lipinski definition) is 2. The monoisotopic (exact) mass is 431 g/mol. The van der Waals surface area contributed by atoms with E-state index in [-0.39, 0.29) is 0 Å². The van der Waals surface area contributed by atoms with Gasteiger partial charge in [0.25, 0.3) is 0 Å². The molecule has 148 valence electrons. The van der Waals surface area contributed by atoms with Crippen molar-refractivity contribution in [1.82, 2.24) is 14.4 Å². The van der Waals surface area contributed by atoms with E-state index in [1.165, 1.54) is 105 Å². The molecule has 2 saturated heterocycles. The van der Waals surface area contributed by atoms with Crippen LogP contribution in [0.4, 0.5) is 0 Å². The topological polar surface area (TPSA) is 11.4 Å². The Bertz CT molecular complexity index is 727. The van der Waals surface area contributed by atoms with Crippen LogP contribution in [0.25, 0.3) is 10.9 Å². The molecular formula is C23H34BrN3. The third kappa shape index (κ3) is 5.16. The van der Waals surface area contributed by atoms with Crippen molar-refractivity contribution in [1.29, 1.82) is 0 Å². The van der Waals surface area contributed by atoms with Gasteiger partial charge in [-0.05, 0) is 95.0 Å². The minimum absolute atomic E-state index is 1.10. The molecule has 0 radical (unpaired) electrons. The standard InChI is InChI=1S/C23H34BrN3/c24-21-9-10-23-22(17-21)20(18-26-14-5-2-6-15-26)19-27(23)16-8-7-13-25-11-3-1-4-12-25/h9-10,17,19H,1-8,11-16,18H2. The first kappa shape index (κ1) is 19.5. The van der Waals surface area contributed by atoms with Crippen LogP contribution < -0.4 is 0 Å². The van der Waals surface area contributed by atoms with Crippen molar-refractivity contribution in [2.75, 3.05) is 32.7 Å². The van der Waals surface area contributed by atoms with Crippen molar-refractivity contribution in [3.63, 3.8) is 0 Å². The second kappa shape index (κ2) is 9.58. The molecule has 2 fully saturated rings. The molecule has 3 nitrogen and oxygen atoms in total. The smallest absolute Gasteiger partial charge is 0.0484 e. The largest absolute Gasteiger partial charge is 0.347 e. The first-order valence-corrected chi connectivity index (χ1v) is 11.8. The van der Waals surface area contributed by atoms with Crippen molar-refractivity contribution >= 4 is 26.8 Å². The predicted molar refractivity (Wildman–Crippen MR) is 118 cm³/mol. The first-order chi connectivity index (χ1) is 13.3. The van der Waals surface area contributed by atoms with Crippen molar-refractivity contribution in [3.05, 3.63) is 34.4 Å². The zero-order chi connectivity index (χ0) is 18.5. The van der Waals surface area contributed by atoms with Crippen LogP contribution in [0.1, 0.15) is 56.9 Å². The van der Waals surface area contributed by atoms with Gasteiger partial charge in [0.05, 0.1) is 0 Å². The van der Waals surface area contributed by atoms with Gasteiger partial charge in [0, 0.05) is 34.7 Å². The third-order valence-corrected chi connectivity index (χ3v) is 6.83. The SMILES string of the molecule is Brc1ccc2c(c1)c(CN1CCCCC1)cn2CCCCN1CCCCC1. The minimum atomic E-state index is 1.10. The Balaban J connectivity index is 1.40. The van der Waals surface area contributed by atoms with E-state index in [0.717, 1.165) is 13.1 Å². The number of rotatable bonds is 7. The summed E-state index contributed by atoms with van der Waals surface area (Å²) in [4.78, 5) is 5.30. The first-order valence-electron chi connectivity index (χ1n) is 11.0. The van der Waals surface area contributed by atoms with Crippen molar-refractivity contribution in [2.24, 2.45) is 0 Å². The van der Waals surface area contributed by atoms with Gasteiger partial charge in [0.2, 0.25) is 0 Å². The van der Waals surface area contributed by atoms with Crippen LogP contribution in [0.2, 0.25) is 0 Å². The van der Waals surface area contributed by atoms with E-state index >= 15 is 0 Å². The molecule has 2 aromatic rings. The molecule has 0 spiro atoms. The summed E-state index contributed by atoms with van der Waals surface area (Å²) in [5.41, 5.74) is 2.91. The molecule has 1 aromatic carbocycles. The van der Waals surface area contributed by atoms with E-state index in [9.17, 15) is 0 Å². The van der Waals surface area contributed by atoms with Gasteiger partial charge in [-0.25, -0.2) is 0 Å². The fourth-order valence-corrected chi connectivity index (χ4v) is 5.17. The summed E-state index contributed by atoms with van der Waals surface area (Å²) in [6.45, 7) is 8.69. The maximum absolute atomic E-state index is 3.68. The number of aryl methyl sites for hydroxylation is 1. The summed E-state index contributed by atoms with van der Waals surface area (Å²) in [6.07, 6.45) is 13.4. The number of unbranched alkanes of at least 4 members (excludes halogenated alkanes) is 1. The number of halogens is 1. The Morgan fingerprint density at radius 3 is 2.19 bits per heavy atom. The number of likely N-dealkylation sites (tertiary alicyclic amines) is 2. The maximum Gasteiger partial charge on any atom is 0.0484 e.